The first-order valence-corrected chi connectivity index (χ1v) is 8.03. The highest BCUT2D eigenvalue weighted by Gasteiger charge is 2.22. The van der Waals surface area contributed by atoms with E-state index in [0.29, 0.717) is 11.1 Å². The van der Waals surface area contributed by atoms with E-state index in [-0.39, 0.29) is 17.7 Å². The fraction of sp³-hybridized carbons (Fsp3) is 0.533. The van der Waals surface area contributed by atoms with Crippen molar-refractivity contribution in [1.29, 1.82) is 0 Å². The number of phenolic OH excluding ortho intramolecular Hbond substituents is 1. The van der Waals surface area contributed by atoms with E-state index in [2.05, 4.69) is 11.6 Å². The van der Waals surface area contributed by atoms with Crippen LogP contribution in [0.15, 0.2) is 18.2 Å². The third-order valence-electron chi connectivity index (χ3n) is 3.89. The van der Waals surface area contributed by atoms with E-state index in [1.807, 2.05) is 11.8 Å². The summed E-state index contributed by atoms with van der Waals surface area (Å²) in [6.45, 7) is 1.77. The van der Waals surface area contributed by atoms with E-state index < -0.39 is 0 Å². The summed E-state index contributed by atoms with van der Waals surface area (Å²) in [4.78, 5) is 12.2. The maximum atomic E-state index is 12.2. The molecule has 1 amide bonds. The van der Waals surface area contributed by atoms with E-state index in [1.165, 1.54) is 12.8 Å². The van der Waals surface area contributed by atoms with Gasteiger partial charge in [-0.3, -0.25) is 4.79 Å². The van der Waals surface area contributed by atoms with Crippen molar-refractivity contribution in [2.24, 2.45) is 0 Å². The van der Waals surface area contributed by atoms with Crippen LogP contribution in [0.4, 0.5) is 0 Å². The highest BCUT2D eigenvalue weighted by atomic mass is 32.2. The zero-order valence-corrected chi connectivity index (χ0v) is 12.3. The standard InChI is InChI=1S/C15H21NO2S/c1-10-13(4-3-5-14(10)17)15(18)16-11-6-8-12(19-2)9-7-11/h3-5,11-12,17H,6-9H2,1-2H3,(H,16,18). The molecule has 0 saturated heterocycles. The molecule has 1 aliphatic carbocycles. The molecule has 0 radical (unpaired) electrons. The van der Waals surface area contributed by atoms with Gasteiger partial charge in [-0.1, -0.05) is 6.07 Å². The molecular formula is C15H21NO2S. The number of phenols is 1. The van der Waals surface area contributed by atoms with Gasteiger partial charge in [0.15, 0.2) is 0 Å². The summed E-state index contributed by atoms with van der Waals surface area (Å²) < 4.78 is 0. The van der Waals surface area contributed by atoms with Crippen molar-refractivity contribution in [2.45, 2.75) is 43.9 Å². The monoisotopic (exact) mass is 279 g/mol. The van der Waals surface area contributed by atoms with Crippen LogP contribution < -0.4 is 5.32 Å². The third kappa shape index (κ3) is 3.44. The van der Waals surface area contributed by atoms with Crippen molar-refractivity contribution in [2.75, 3.05) is 6.26 Å². The van der Waals surface area contributed by atoms with Crippen LogP contribution >= 0.6 is 11.8 Å². The summed E-state index contributed by atoms with van der Waals surface area (Å²) >= 11 is 1.92. The lowest BCUT2D eigenvalue weighted by molar-refractivity contribution is 0.0927. The van der Waals surface area contributed by atoms with Crippen molar-refractivity contribution in [1.82, 2.24) is 5.32 Å². The van der Waals surface area contributed by atoms with Crippen molar-refractivity contribution in [3.05, 3.63) is 29.3 Å². The minimum atomic E-state index is -0.0685. The Kier molecular flexibility index (Phi) is 4.75. The van der Waals surface area contributed by atoms with E-state index in [0.717, 1.165) is 18.1 Å². The molecule has 1 aromatic carbocycles. The number of benzene rings is 1. The Morgan fingerprint density at radius 3 is 2.63 bits per heavy atom. The molecule has 1 saturated carbocycles. The lowest BCUT2D eigenvalue weighted by Crippen LogP contribution is -2.38. The predicted molar refractivity (Wildman–Crippen MR) is 79.9 cm³/mol. The Morgan fingerprint density at radius 1 is 1.32 bits per heavy atom. The number of carbonyl (C=O) groups is 1. The zero-order chi connectivity index (χ0) is 13.8. The number of hydrogen-bond donors (Lipinski definition) is 2. The zero-order valence-electron chi connectivity index (χ0n) is 11.5. The molecule has 2 rings (SSSR count). The molecule has 104 valence electrons. The topological polar surface area (TPSA) is 49.3 Å². The number of rotatable bonds is 3. The van der Waals surface area contributed by atoms with Crippen LogP contribution in [0.3, 0.4) is 0 Å². The maximum absolute atomic E-state index is 12.2. The fourth-order valence-corrected chi connectivity index (χ4v) is 3.32. The molecule has 0 aliphatic heterocycles. The number of aromatic hydroxyl groups is 1. The van der Waals surface area contributed by atoms with E-state index in [1.54, 1.807) is 25.1 Å². The molecule has 0 spiro atoms. The van der Waals surface area contributed by atoms with Gasteiger partial charge in [0, 0.05) is 22.4 Å². The van der Waals surface area contributed by atoms with Crippen molar-refractivity contribution >= 4 is 17.7 Å². The minimum Gasteiger partial charge on any atom is -0.508 e. The second-order valence-electron chi connectivity index (χ2n) is 5.13. The number of thioether (sulfide) groups is 1. The molecule has 1 aliphatic rings. The Balaban J connectivity index is 1.96. The van der Waals surface area contributed by atoms with Gasteiger partial charge < -0.3 is 10.4 Å². The smallest absolute Gasteiger partial charge is 0.251 e. The normalized spacial score (nSPS) is 23.1. The van der Waals surface area contributed by atoms with Gasteiger partial charge in [-0.25, -0.2) is 0 Å². The molecule has 0 unspecified atom stereocenters. The summed E-state index contributed by atoms with van der Waals surface area (Å²) in [5.74, 6) is 0.111. The van der Waals surface area contributed by atoms with Crippen LogP contribution in [-0.4, -0.2) is 28.6 Å². The van der Waals surface area contributed by atoms with Gasteiger partial charge >= 0.3 is 0 Å². The van der Waals surface area contributed by atoms with Crippen molar-refractivity contribution in [3.8, 4) is 5.75 Å². The first-order valence-electron chi connectivity index (χ1n) is 6.74. The summed E-state index contributed by atoms with van der Waals surface area (Å²) in [7, 11) is 0. The molecular weight excluding hydrogens is 258 g/mol. The van der Waals surface area contributed by atoms with Gasteiger partial charge in [0.1, 0.15) is 5.75 Å². The van der Waals surface area contributed by atoms with Crippen LogP contribution in [0, 0.1) is 6.92 Å². The average Bonchev–Trinajstić information content (AvgIpc) is 2.42. The summed E-state index contributed by atoms with van der Waals surface area (Å²) in [5.41, 5.74) is 1.23. The molecule has 19 heavy (non-hydrogen) atoms. The van der Waals surface area contributed by atoms with Gasteiger partial charge in [-0.05, 0) is 51.0 Å². The average molecular weight is 279 g/mol. The molecule has 3 nitrogen and oxygen atoms in total. The molecule has 0 aromatic heterocycles. The van der Waals surface area contributed by atoms with Crippen LogP contribution in [0.1, 0.15) is 41.6 Å². The van der Waals surface area contributed by atoms with Crippen LogP contribution in [-0.2, 0) is 0 Å². The van der Waals surface area contributed by atoms with Gasteiger partial charge in [-0.2, -0.15) is 11.8 Å². The van der Waals surface area contributed by atoms with E-state index >= 15 is 0 Å². The Labute approximate surface area is 118 Å². The molecule has 0 heterocycles. The van der Waals surface area contributed by atoms with E-state index in [4.69, 9.17) is 0 Å². The van der Waals surface area contributed by atoms with Crippen molar-refractivity contribution in [3.63, 3.8) is 0 Å². The fourth-order valence-electron chi connectivity index (χ4n) is 2.58. The summed E-state index contributed by atoms with van der Waals surface area (Å²) in [6, 6.07) is 5.35. The van der Waals surface area contributed by atoms with Gasteiger partial charge in [0.25, 0.3) is 5.91 Å². The third-order valence-corrected chi connectivity index (χ3v) is 5.03. The second kappa shape index (κ2) is 6.33. The van der Waals surface area contributed by atoms with Crippen LogP contribution in [0.25, 0.3) is 0 Å². The summed E-state index contributed by atoms with van der Waals surface area (Å²) in [6.07, 6.45) is 6.60. The number of amides is 1. The first-order chi connectivity index (χ1) is 9.11. The molecule has 1 aromatic rings. The Morgan fingerprint density at radius 2 is 2.00 bits per heavy atom. The van der Waals surface area contributed by atoms with Gasteiger partial charge in [0.05, 0.1) is 0 Å². The lowest BCUT2D eigenvalue weighted by Gasteiger charge is -2.28. The maximum Gasteiger partial charge on any atom is 0.251 e. The number of hydrogen-bond acceptors (Lipinski definition) is 3. The van der Waals surface area contributed by atoms with Crippen LogP contribution in [0.5, 0.6) is 5.75 Å². The molecule has 1 fully saturated rings. The van der Waals surface area contributed by atoms with Gasteiger partial charge in [0.2, 0.25) is 0 Å². The quantitative estimate of drug-likeness (QED) is 0.894. The predicted octanol–water partition coefficient (Wildman–Crippen LogP) is 3.10. The lowest BCUT2D eigenvalue weighted by atomic mass is 9.94. The largest absolute Gasteiger partial charge is 0.508 e. The highest BCUT2D eigenvalue weighted by molar-refractivity contribution is 7.99. The van der Waals surface area contributed by atoms with Gasteiger partial charge in [-0.15, -0.1) is 0 Å². The Hall–Kier alpha value is -1.16. The van der Waals surface area contributed by atoms with Crippen molar-refractivity contribution < 1.29 is 9.90 Å². The first kappa shape index (κ1) is 14.3. The Bertz CT molecular complexity index is 453. The molecule has 2 N–H and O–H groups in total. The minimum absolute atomic E-state index is 0.0685. The SMILES string of the molecule is CSC1CCC(NC(=O)c2cccc(O)c2C)CC1. The van der Waals surface area contributed by atoms with Crippen LogP contribution in [0.2, 0.25) is 0 Å². The second-order valence-corrected chi connectivity index (χ2v) is 6.27. The number of carbonyl (C=O) groups excluding carboxylic acids is 1. The summed E-state index contributed by atoms with van der Waals surface area (Å²) in [5, 5.41) is 13.5. The molecule has 0 bridgehead atoms. The molecule has 0 atom stereocenters. The molecule has 4 heteroatoms. The van der Waals surface area contributed by atoms with E-state index in [9.17, 15) is 9.90 Å². The number of nitrogens with one attached hydrogen (secondary N) is 1. The highest BCUT2D eigenvalue weighted by Crippen LogP contribution is 2.27.